The number of carbonyl (C=O) groups is 1. The lowest BCUT2D eigenvalue weighted by Crippen LogP contribution is -2.20. The van der Waals surface area contributed by atoms with Gasteiger partial charge in [0.25, 0.3) is 0 Å². The normalized spacial score (nSPS) is 22.8. The van der Waals surface area contributed by atoms with Crippen molar-refractivity contribution in [3.05, 3.63) is 23.8 Å². The van der Waals surface area contributed by atoms with Crippen molar-refractivity contribution in [1.29, 1.82) is 0 Å². The average molecular weight is 247 g/mol. The molecule has 0 spiro atoms. The van der Waals surface area contributed by atoms with E-state index in [0.717, 1.165) is 36.2 Å². The van der Waals surface area contributed by atoms with Crippen LogP contribution in [-0.4, -0.2) is 18.0 Å². The molecule has 2 unspecified atom stereocenters. The SMILES string of the molecule is CC(=O)Nc1cc(NC2CCC(N)C2)ccc1C. The Labute approximate surface area is 108 Å². The van der Waals surface area contributed by atoms with Gasteiger partial charge in [-0.3, -0.25) is 4.79 Å². The van der Waals surface area contributed by atoms with Crippen molar-refractivity contribution in [2.24, 2.45) is 5.73 Å². The highest BCUT2D eigenvalue weighted by Crippen LogP contribution is 2.25. The Morgan fingerprint density at radius 3 is 2.78 bits per heavy atom. The van der Waals surface area contributed by atoms with E-state index in [9.17, 15) is 4.79 Å². The fraction of sp³-hybridized carbons (Fsp3) is 0.500. The van der Waals surface area contributed by atoms with Crippen molar-refractivity contribution in [1.82, 2.24) is 0 Å². The highest BCUT2D eigenvalue weighted by Gasteiger charge is 2.21. The molecule has 2 rings (SSSR count). The molecule has 0 aliphatic heterocycles. The molecule has 4 heteroatoms. The zero-order valence-corrected chi connectivity index (χ0v) is 11.0. The van der Waals surface area contributed by atoms with Gasteiger partial charge < -0.3 is 16.4 Å². The fourth-order valence-corrected chi connectivity index (χ4v) is 2.42. The van der Waals surface area contributed by atoms with Crippen molar-refractivity contribution in [3.8, 4) is 0 Å². The first-order chi connectivity index (χ1) is 8.54. The summed E-state index contributed by atoms with van der Waals surface area (Å²) in [6.45, 7) is 3.51. The van der Waals surface area contributed by atoms with E-state index in [1.807, 2.05) is 25.1 Å². The number of nitrogens with one attached hydrogen (secondary N) is 2. The van der Waals surface area contributed by atoms with Crippen molar-refractivity contribution in [3.63, 3.8) is 0 Å². The second-order valence-corrected chi connectivity index (χ2v) is 5.13. The predicted octanol–water partition coefficient (Wildman–Crippen LogP) is 2.25. The first-order valence-electron chi connectivity index (χ1n) is 6.45. The number of anilines is 2. The third-order valence-corrected chi connectivity index (χ3v) is 3.39. The Bertz CT molecular complexity index is 445. The number of carbonyl (C=O) groups excluding carboxylic acids is 1. The van der Waals surface area contributed by atoms with E-state index in [4.69, 9.17) is 5.73 Å². The molecule has 0 bridgehead atoms. The molecule has 1 amide bonds. The predicted molar refractivity (Wildman–Crippen MR) is 74.7 cm³/mol. The van der Waals surface area contributed by atoms with Crippen molar-refractivity contribution in [2.75, 3.05) is 10.6 Å². The van der Waals surface area contributed by atoms with Crippen LogP contribution in [0, 0.1) is 6.92 Å². The van der Waals surface area contributed by atoms with Crippen LogP contribution in [0.3, 0.4) is 0 Å². The quantitative estimate of drug-likeness (QED) is 0.767. The molecule has 2 atom stereocenters. The van der Waals surface area contributed by atoms with Crippen LogP contribution in [0.1, 0.15) is 31.7 Å². The topological polar surface area (TPSA) is 67.2 Å². The number of nitrogens with two attached hydrogens (primary N) is 1. The van der Waals surface area contributed by atoms with Gasteiger partial charge in [0.15, 0.2) is 0 Å². The van der Waals surface area contributed by atoms with E-state index >= 15 is 0 Å². The number of benzene rings is 1. The maximum Gasteiger partial charge on any atom is 0.221 e. The van der Waals surface area contributed by atoms with Crippen LogP contribution in [-0.2, 0) is 4.79 Å². The molecule has 98 valence electrons. The summed E-state index contributed by atoms with van der Waals surface area (Å²) >= 11 is 0. The Kier molecular flexibility index (Phi) is 3.87. The van der Waals surface area contributed by atoms with Gasteiger partial charge in [-0.1, -0.05) is 6.07 Å². The summed E-state index contributed by atoms with van der Waals surface area (Å²) in [5.41, 5.74) is 8.89. The van der Waals surface area contributed by atoms with Gasteiger partial charge in [-0.2, -0.15) is 0 Å². The molecule has 18 heavy (non-hydrogen) atoms. The molecule has 1 aliphatic rings. The molecule has 1 aliphatic carbocycles. The van der Waals surface area contributed by atoms with Gasteiger partial charge in [0.05, 0.1) is 0 Å². The fourth-order valence-electron chi connectivity index (χ4n) is 2.42. The van der Waals surface area contributed by atoms with Gasteiger partial charge in [0.2, 0.25) is 5.91 Å². The van der Waals surface area contributed by atoms with Crippen molar-refractivity contribution >= 4 is 17.3 Å². The second-order valence-electron chi connectivity index (χ2n) is 5.13. The number of aryl methyl sites for hydroxylation is 1. The monoisotopic (exact) mass is 247 g/mol. The molecule has 0 heterocycles. The highest BCUT2D eigenvalue weighted by atomic mass is 16.1. The third-order valence-electron chi connectivity index (χ3n) is 3.39. The maximum atomic E-state index is 11.1. The number of amides is 1. The highest BCUT2D eigenvalue weighted by molar-refractivity contribution is 5.90. The lowest BCUT2D eigenvalue weighted by Gasteiger charge is -2.16. The molecule has 0 saturated heterocycles. The summed E-state index contributed by atoms with van der Waals surface area (Å²) < 4.78 is 0. The molecule has 1 saturated carbocycles. The number of hydrogen-bond acceptors (Lipinski definition) is 3. The Balaban J connectivity index is 2.07. The van der Waals surface area contributed by atoms with Gasteiger partial charge >= 0.3 is 0 Å². The Morgan fingerprint density at radius 2 is 2.17 bits per heavy atom. The average Bonchev–Trinajstić information content (AvgIpc) is 2.68. The number of rotatable bonds is 3. The zero-order chi connectivity index (χ0) is 13.1. The molecule has 4 N–H and O–H groups in total. The van der Waals surface area contributed by atoms with Crippen molar-refractivity contribution < 1.29 is 4.79 Å². The minimum Gasteiger partial charge on any atom is -0.382 e. The lowest BCUT2D eigenvalue weighted by molar-refractivity contribution is -0.114. The zero-order valence-electron chi connectivity index (χ0n) is 11.0. The van der Waals surface area contributed by atoms with Crippen LogP contribution >= 0.6 is 0 Å². The summed E-state index contributed by atoms with van der Waals surface area (Å²) in [4.78, 5) is 11.1. The largest absolute Gasteiger partial charge is 0.382 e. The summed E-state index contributed by atoms with van der Waals surface area (Å²) in [5.74, 6) is -0.0434. The van der Waals surface area contributed by atoms with E-state index in [0.29, 0.717) is 12.1 Å². The smallest absolute Gasteiger partial charge is 0.221 e. The molecule has 1 aromatic rings. The molecule has 1 aromatic carbocycles. The van der Waals surface area contributed by atoms with Crippen LogP contribution in [0.5, 0.6) is 0 Å². The van der Waals surface area contributed by atoms with E-state index in [1.54, 1.807) is 0 Å². The van der Waals surface area contributed by atoms with Gasteiger partial charge in [0, 0.05) is 30.4 Å². The van der Waals surface area contributed by atoms with Gasteiger partial charge in [-0.05, 0) is 43.9 Å². The van der Waals surface area contributed by atoms with E-state index in [2.05, 4.69) is 10.6 Å². The van der Waals surface area contributed by atoms with Gasteiger partial charge in [-0.15, -0.1) is 0 Å². The molecule has 1 fully saturated rings. The standard InChI is InChI=1S/C14H21N3O/c1-9-3-5-13(8-14(9)16-10(2)18)17-12-6-4-11(15)7-12/h3,5,8,11-12,17H,4,6-7,15H2,1-2H3,(H,16,18). The number of hydrogen-bond donors (Lipinski definition) is 3. The van der Waals surface area contributed by atoms with Crippen LogP contribution in [0.4, 0.5) is 11.4 Å². The van der Waals surface area contributed by atoms with Crippen LogP contribution in [0.2, 0.25) is 0 Å². The van der Waals surface area contributed by atoms with Gasteiger partial charge in [0.1, 0.15) is 0 Å². The molecular weight excluding hydrogens is 226 g/mol. The van der Waals surface area contributed by atoms with E-state index in [-0.39, 0.29) is 5.91 Å². The summed E-state index contributed by atoms with van der Waals surface area (Å²) in [7, 11) is 0. The van der Waals surface area contributed by atoms with Crippen LogP contribution < -0.4 is 16.4 Å². The van der Waals surface area contributed by atoms with Crippen molar-refractivity contribution in [2.45, 2.75) is 45.2 Å². The first-order valence-corrected chi connectivity index (χ1v) is 6.45. The summed E-state index contributed by atoms with van der Waals surface area (Å²) in [6, 6.07) is 6.82. The molecule has 0 radical (unpaired) electrons. The minimum atomic E-state index is -0.0434. The minimum absolute atomic E-state index is 0.0434. The Morgan fingerprint density at radius 1 is 1.39 bits per heavy atom. The summed E-state index contributed by atoms with van der Waals surface area (Å²) in [5, 5.41) is 6.32. The maximum absolute atomic E-state index is 11.1. The summed E-state index contributed by atoms with van der Waals surface area (Å²) in [6.07, 6.45) is 3.22. The molecular formula is C14H21N3O. The van der Waals surface area contributed by atoms with E-state index in [1.165, 1.54) is 6.92 Å². The third kappa shape index (κ3) is 3.23. The Hall–Kier alpha value is -1.55. The lowest BCUT2D eigenvalue weighted by atomic mass is 10.1. The van der Waals surface area contributed by atoms with Crippen LogP contribution in [0.25, 0.3) is 0 Å². The molecule has 4 nitrogen and oxygen atoms in total. The van der Waals surface area contributed by atoms with Gasteiger partial charge in [-0.25, -0.2) is 0 Å². The van der Waals surface area contributed by atoms with Crippen LogP contribution in [0.15, 0.2) is 18.2 Å². The van der Waals surface area contributed by atoms with E-state index < -0.39 is 0 Å². The first kappa shape index (κ1) is 12.9. The molecule has 0 aromatic heterocycles. The second kappa shape index (κ2) is 5.40.